The van der Waals surface area contributed by atoms with Gasteiger partial charge in [0.05, 0.1) is 7.11 Å². The molecule has 19 heavy (non-hydrogen) atoms. The second-order valence-electron chi connectivity index (χ2n) is 3.78. The van der Waals surface area contributed by atoms with Gasteiger partial charge in [0, 0.05) is 5.69 Å². The van der Waals surface area contributed by atoms with Crippen LogP contribution in [-0.2, 0) is 4.74 Å². The highest BCUT2D eigenvalue weighted by Gasteiger charge is 2.15. The van der Waals surface area contributed by atoms with E-state index in [1.54, 1.807) is 18.2 Å². The van der Waals surface area contributed by atoms with Crippen LogP contribution in [0.2, 0.25) is 0 Å². The fourth-order valence-electron chi connectivity index (χ4n) is 1.55. The van der Waals surface area contributed by atoms with E-state index in [1.165, 1.54) is 31.4 Å². The minimum Gasteiger partial charge on any atom is -0.465 e. The number of ether oxygens (including phenoxy) is 2. The average molecular weight is 261 g/mol. The van der Waals surface area contributed by atoms with Crippen LogP contribution in [0, 0.1) is 5.82 Å². The molecule has 98 valence electrons. The number of hydrogen-bond acceptors (Lipinski definition) is 4. The van der Waals surface area contributed by atoms with Gasteiger partial charge in [-0.15, -0.1) is 0 Å². The van der Waals surface area contributed by atoms with E-state index in [9.17, 15) is 9.18 Å². The number of carbonyl (C=O) groups excluding carboxylic acids is 1. The molecule has 0 radical (unpaired) electrons. The lowest BCUT2D eigenvalue weighted by atomic mass is 10.2. The molecule has 0 aliphatic carbocycles. The van der Waals surface area contributed by atoms with Crippen molar-refractivity contribution in [2.24, 2.45) is 0 Å². The standard InChI is InChI=1S/C14H12FNO3/c1-18-14(17)10-8-9(16)6-7-12(10)19-13-5-3-2-4-11(13)15/h2-8H,16H2,1H3. The van der Waals surface area contributed by atoms with Crippen LogP contribution < -0.4 is 10.5 Å². The third kappa shape index (κ3) is 2.82. The van der Waals surface area contributed by atoms with E-state index in [2.05, 4.69) is 4.74 Å². The molecular formula is C14H12FNO3. The van der Waals surface area contributed by atoms with Crippen LogP contribution in [0.15, 0.2) is 42.5 Å². The van der Waals surface area contributed by atoms with Gasteiger partial charge < -0.3 is 15.2 Å². The number of rotatable bonds is 3. The summed E-state index contributed by atoms with van der Waals surface area (Å²) < 4.78 is 23.5. The molecule has 0 fully saturated rings. The van der Waals surface area contributed by atoms with Gasteiger partial charge in [-0.3, -0.25) is 0 Å². The van der Waals surface area contributed by atoms with E-state index in [0.717, 1.165) is 0 Å². The summed E-state index contributed by atoms with van der Waals surface area (Å²) in [5.74, 6) is -0.905. The zero-order chi connectivity index (χ0) is 13.8. The lowest BCUT2D eigenvalue weighted by molar-refractivity contribution is 0.0598. The topological polar surface area (TPSA) is 61.5 Å². The van der Waals surface area contributed by atoms with Gasteiger partial charge in [0.25, 0.3) is 0 Å². The van der Waals surface area contributed by atoms with Crippen molar-refractivity contribution in [3.8, 4) is 11.5 Å². The van der Waals surface area contributed by atoms with Crippen molar-refractivity contribution in [3.05, 3.63) is 53.8 Å². The molecule has 0 heterocycles. The molecule has 0 aromatic heterocycles. The second kappa shape index (κ2) is 5.39. The molecule has 0 aliphatic heterocycles. The lowest BCUT2D eigenvalue weighted by Crippen LogP contribution is -2.05. The first-order chi connectivity index (χ1) is 9.11. The molecule has 0 bridgehead atoms. The number of halogens is 1. The molecule has 2 aromatic rings. The lowest BCUT2D eigenvalue weighted by Gasteiger charge is -2.11. The Balaban J connectivity index is 2.40. The van der Waals surface area contributed by atoms with Crippen LogP contribution in [0.5, 0.6) is 11.5 Å². The number of anilines is 1. The molecule has 5 heteroatoms. The Labute approximate surface area is 109 Å². The van der Waals surface area contributed by atoms with Crippen molar-refractivity contribution in [1.82, 2.24) is 0 Å². The number of nitrogens with two attached hydrogens (primary N) is 1. The quantitative estimate of drug-likeness (QED) is 0.681. The van der Waals surface area contributed by atoms with Gasteiger partial charge in [-0.2, -0.15) is 0 Å². The van der Waals surface area contributed by atoms with Crippen molar-refractivity contribution in [2.75, 3.05) is 12.8 Å². The maximum atomic E-state index is 13.5. The molecule has 0 unspecified atom stereocenters. The predicted octanol–water partition coefficient (Wildman–Crippen LogP) is 2.99. The maximum Gasteiger partial charge on any atom is 0.341 e. The summed E-state index contributed by atoms with van der Waals surface area (Å²) in [6, 6.07) is 10.4. The van der Waals surface area contributed by atoms with Crippen molar-refractivity contribution in [1.29, 1.82) is 0 Å². The minimum absolute atomic E-state index is 0.0254. The fraction of sp³-hybridized carbons (Fsp3) is 0.0714. The highest BCUT2D eigenvalue weighted by molar-refractivity contribution is 5.93. The SMILES string of the molecule is COC(=O)c1cc(N)ccc1Oc1ccccc1F. The number of hydrogen-bond donors (Lipinski definition) is 1. The molecule has 4 nitrogen and oxygen atoms in total. The van der Waals surface area contributed by atoms with E-state index in [-0.39, 0.29) is 17.1 Å². The van der Waals surface area contributed by atoms with Crippen LogP contribution in [0.25, 0.3) is 0 Å². The zero-order valence-electron chi connectivity index (χ0n) is 10.2. The summed E-state index contributed by atoms with van der Waals surface area (Å²) in [5.41, 5.74) is 6.14. The molecule has 2 aromatic carbocycles. The van der Waals surface area contributed by atoms with E-state index in [1.807, 2.05) is 0 Å². The molecular weight excluding hydrogens is 249 g/mol. The van der Waals surface area contributed by atoms with Gasteiger partial charge in [-0.1, -0.05) is 12.1 Å². The van der Waals surface area contributed by atoms with Crippen molar-refractivity contribution < 1.29 is 18.7 Å². The van der Waals surface area contributed by atoms with Crippen LogP contribution >= 0.6 is 0 Å². The summed E-state index contributed by atoms with van der Waals surface area (Å²) >= 11 is 0. The largest absolute Gasteiger partial charge is 0.465 e. The number of carbonyl (C=O) groups is 1. The molecule has 0 saturated heterocycles. The van der Waals surface area contributed by atoms with E-state index in [4.69, 9.17) is 10.5 Å². The highest BCUT2D eigenvalue weighted by atomic mass is 19.1. The van der Waals surface area contributed by atoms with Gasteiger partial charge in [-0.05, 0) is 30.3 Å². The van der Waals surface area contributed by atoms with Gasteiger partial charge in [0.1, 0.15) is 11.3 Å². The Hall–Kier alpha value is -2.56. The van der Waals surface area contributed by atoms with E-state index >= 15 is 0 Å². The number of methoxy groups -OCH3 is 1. The fourth-order valence-corrected chi connectivity index (χ4v) is 1.55. The number of benzene rings is 2. The van der Waals surface area contributed by atoms with Gasteiger partial charge in [0.15, 0.2) is 11.6 Å². The average Bonchev–Trinajstić information content (AvgIpc) is 2.42. The van der Waals surface area contributed by atoms with Gasteiger partial charge >= 0.3 is 5.97 Å². The van der Waals surface area contributed by atoms with Crippen molar-refractivity contribution in [2.45, 2.75) is 0 Å². The number of esters is 1. The summed E-state index contributed by atoms with van der Waals surface area (Å²) in [5, 5.41) is 0. The first-order valence-corrected chi connectivity index (χ1v) is 5.52. The van der Waals surface area contributed by atoms with Crippen molar-refractivity contribution in [3.63, 3.8) is 0 Å². The number of para-hydroxylation sites is 1. The normalized spacial score (nSPS) is 10.0. The van der Waals surface area contributed by atoms with Crippen LogP contribution in [0.4, 0.5) is 10.1 Å². The Morgan fingerprint density at radius 2 is 1.89 bits per heavy atom. The van der Waals surface area contributed by atoms with Gasteiger partial charge in [-0.25, -0.2) is 9.18 Å². The highest BCUT2D eigenvalue weighted by Crippen LogP contribution is 2.29. The van der Waals surface area contributed by atoms with Gasteiger partial charge in [0.2, 0.25) is 0 Å². The van der Waals surface area contributed by atoms with Crippen molar-refractivity contribution >= 4 is 11.7 Å². The molecule has 0 aliphatic rings. The third-order valence-corrected chi connectivity index (χ3v) is 2.47. The predicted molar refractivity (Wildman–Crippen MR) is 68.7 cm³/mol. The second-order valence-corrected chi connectivity index (χ2v) is 3.78. The first-order valence-electron chi connectivity index (χ1n) is 5.52. The Kier molecular flexibility index (Phi) is 3.66. The smallest absolute Gasteiger partial charge is 0.341 e. The summed E-state index contributed by atoms with van der Waals surface area (Å²) in [7, 11) is 1.25. The number of nitrogen functional groups attached to an aromatic ring is 1. The third-order valence-electron chi connectivity index (χ3n) is 2.47. The molecule has 0 spiro atoms. The molecule has 0 amide bonds. The summed E-state index contributed by atoms with van der Waals surface area (Å²) in [6.07, 6.45) is 0. The Morgan fingerprint density at radius 3 is 2.58 bits per heavy atom. The Morgan fingerprint density at radius 1 is 1.16 bits per heavy atom. The molecule has 0 atom stereocenters. The van der Waals surface area contributed by atoms with Crippen LogP contribution in [0.1, 0.15) is 10.4 Å². The molecule has 2 rings (SSSR count). The zero-order valence-corrected chi connectivity index (χ0v) is 10.2. The van der Waals surface area contributed by atoms with E-state index in [0.29, 0.717) is 5.69 Å². The summed E-state index contributed by atoms with van der Waals surface area (Å²) in [6.45, 7) is 0. The van der Waals surface area contributed by atoms with Crippen LogP contribution in [-0.4, -0.2) is 13.1 Å². The van der Waals surface area contributed by atoms with E-state index < -0.39 is 11.8 Å². The molecule has 2 N–H and O–H groups in total. The monoisotopic (exact) mass is 261 g/mol. The Bertz CT molecular complexity index is 613. The summed E-state index contributed by atoms with van der Waals surface area (Å²) in [4.78, 5) is 11.6. The minimum atomic E-state index is -0.598. The maximum absolute atomic E-state index is 13.5. The molecule has 0 saturated carbocycles. The van der Waals surface area contributed by atoms with Crippen LogP contribution in [0.3, 0.4) is 0 Å². The first kappa shape index (κ1) is 12.9.